The molecule has 3 rings (SSSR count). The van der Waals surface area contributed by atoms with Gasteiger partial charge in [-0.15, -0.1) is 0 Å². The van der Waals surface area contributed by atoms with Gasteiger partial charge in [-0.05, 0) is 66.6 Å². The van der Waals surface area contributed by atoms with Gasteiger partial charge in [-0.25, -0.2) is 8.42 Å². The highest BCUT2D eigenvalue weighted by Crippen LogP contribution is 2.28. The highest BCUT2D eigenvalue weighted by atomic mass is 35.5. The van der Waals surface area contributed by atoms with Crippen LogP contribution in [0.5, 0.6) is 5.75 Å². The molecule has 27 heavy (non-hydrogen) atoms. The Bertz CT molecular complexity index is 1030. The number of sulfonamides is 1. The number of aryl methyl sites for hydroxylation is 1. The Morgan fingerprint density at radius 2 is 1.67 bits per heavy atom. The second-order valence-corrected chi connectivity index (χ2v) is 8.45. The first-order valence-electron chi connectivity index (χ1n) is 8.38. The minimum absolute atomic E-state index is 0.186. The van der Waals surface area contributed by atoms with E-state index in [4.69, 9.17) is 16.3 Å². The quantitative estimate of drug-likeness (QED) is 0.580. The van der Waals surface area contributed by atoms with E-state index in [-0.39, 0.29) is 11.4 Å². The molecule has 140 valence electrons. The Balaban J connectivity index is 2.08. The lowest BCUT2D eigenvalue weighted by atomic mass is 10.2. The molecule has 0 heterocycles. The summed E-state index contributed by atoms with van der Waals surface area (Å²) in [5, 5.41) is 0.490. The number of hydrogen-bond donors (Lipinski definition) is 0. The molecule has 0 aliphatic rings. The SMILES string of the molecule is COc1cccc(CN(c2cccc(C)c2)S(=O)(=O)c2ccc(Cl)cc2)c1. The second-order valence-electron chi connectivity index (χ2n) is 6.16. The van der Waals surface area contributed by atoms with E-state index >= 15 is 0 Å². The van der Waals surface area contributed by atoms with Crippen molar-refractivity contribution in [3.8, 4) is 5.75 Å². The molecule has 0 fully saturated rings. The van der Waals surface area contributed by atoms with Crippen molar-refractivity contribution in [2.24, 2.45) is 0 Å². The Labute approximate surface area is 165 Å². The number of methoxy groups -OCH3 is 1. The predicted octanol–water partition coefficient (Wildman–Crippen LogP) is 5.05. The Kier molecular flexibility index (Phi) is 5.73. The number of rotatable bonds is 6. The van der Waals surface area contributed by atoms with E-state index in [1.54, 1.807) is 25.3 Å². The number of benzene rings is 3. The molecule has 0 saturated carbocycles. The third-order valence-electron chi connectivity index (χ3n) is 4.15. The van der Waals surface area contributed by atoms with Gasteiger partial charge in [-0.3, -0.25) is 4.31 Å². The molecular weight excluding hydrogens is 382 g/mol. The molecule has 3 aromatic carbocycles. The topological polar surface area (TPSA) is 46.6 Å². The zero-order chi connectivity index (χ0) is 19.4. The van der Waals surface area contributed by atoms with E-state index in [9.17, 15) is 8.42 Å². The lowest BCUT2D eigenvalue weighted by Gasteiger charge is -2.25. The summed E-state index contributed by atoms with van der Waals surface area (Å²) >= 11 is 5.92. The van der Waals surface area contributed by atoms with Crippen LogP contribution in [0, 0.1) is 6.92 Å². The van der Waals surface area contributed by atoms with Gasteiger partial charge in [0.1, 0.15) is 5.75 Å². The lowest BCUT2D eigenvalue weighted by Crippen LogP contribution is -2.30. The maximum absolute atomic E-state index is 13.4. The number of hydrogen-bond acceptors (Lipinski definition) is 3. The van der Waals surface area contributed by atoms with E-state index < -0.39 is 10.0 Å². The van der Waals surface area contributed by atoms with Crippen LogP contribution in [0.15, 0.2) is 77.7 Å². The summed E-state index contributed by atoms with van der Waals surface area (Å²) in [6.45, 7) is 2.12. The molecule has 0 unspecified atom stereocenters. The van der Waals surface area contributed by atoms with Gasteiger partial charge in [0.15, 0.2) is 0 Å². The van der Waals surface area contributed by atoms with Crippen LogP contribution in [-0.4, -0.2) is 15.5 Å². The monoisotopic (exact) mass is 401 g/mol. The van der Waals surface area contributed by atoms with Crippen LogP contribution < -0.4 is 9.04 Å². The number of ether oxygens (including phenoxy) is 1. The largest absolute Gasteiger partial charge is 0.497 e. The Morgan fingerprint density at radius 3 is 2.33 bits per heavy atom. The van der Waals surface area contributed by atoms with Gasteiger partial charge < -0.3 is 4.74 Å². The molecule has 0 aliphatic heterocycles. The second kappa shape index (κ2) is 8.03. The normalized spacial score (nSPS) is 11.2. The summed E-state index contributed by atoms with van der Waals surface area (Å²) in [5.41, 5.74) is 2.41. The summed E-state index contributed by atoms with van der Waals surface area (Å²) in [6.07, 6.45) is 0. The van der Waals surface area contributed by atoms with E-state index in [1.165, 1.54) is 16.4 Å². The van der Waals surface area contributed by atoms with E-state index in [1.807, 2.05) is 49.4 Å². The van der Waals surface area contributed by atoms with Crippen LogP contribution >= 0.6 is 11.6 Å². The first-order valence-corrected chi connectivity index (χ1v) is 10.2. The fraction of sp³-hybridized carbons (Fsp3) is 0.143. The van der Waals surface area contributed by atoms with Crippen LogP contribution in [0.4, 0.5) is 5.69 Å². The molecule has 0 N–H and O–H groups in total. The number of anilines is 1. The highest BCUT2D eigenvalue weighted by Gasteiger charge is 2.25. The lowest BCUT2D eigenvalue weighted by molar-refractivity contribution is 0.414. The molecule has 4 nitrogen and oxygen atoms in total. The number of halogens is 1. The van der Waals surface area contributed by atoms with Crippen molar-refractivity contribution < 1.29 is 13.2 Å². The van der Waals surface area contributed by atoms with Gasteiger partial charge in [0.2, 0.25) is 0 Å². The molecule has 6 heteroatoms. The first-order chi connectivity index (χ1) is 12.9. The van der Waals surface area contributed by atoms with Crippen LogP contribution in [0.1, 0.15) is 11.1 Å². The van der Waals surface area contributed by atoms with Gasteiger partial charge in [-0.1, -0.05) is 35.9 Å². The van der Waals surface area contributed by atoms with Crippen molar-refractivity contribution in [1.29, 1.82) is 0 Å². The number of nitrogens with zero attached hydrogens (tertiary/aromatic N) is 1. The third kappa shape index (κ3) is 4.43. The van der Waals surface area contributed by atoms with E-state index in [0.29, 0.717) is 16.5 Å². The molecule has 0 aliphatic carbocycles. The Morgan fingerprint density at radius 1 is 0.963 bits per heavy atom. The Hall–Kier alpha value is -2.50. The van der Waals surface area contributed by atoms with E-state index in [2.05, 4.69) is 0 Å². The summed E-state index contributed by atoms with van der Waals surface area (Å²) in [4.78, 5) is 0.191. The summed E-state index contributed by atoms with van der Waals surface area (Å²) in [7, 11) is -2.19. The molecule has 3 aromatic rings. The zero-order valence-electron chi connectivity index (χ0n) is 15.1. The third-order valence-corrected chi connectivity index (χ3v) is 6.19. The van der Waals surface area contributed by atoms with Gasteiger partial charge in [0.05, 0.1) is 24.2 Å². The van der Waals surface area contributed by atoms with Crippen molar-refractivity contribution in [2.45, 2.75) is 18.4 Å². The van der Waals surface area contributed by atoms with Gasteiger partial charge in [0.25, 0.3) is 10.0 Å². The minimum Gasteiger partial charge on any atom is -0.497 e. The summed E-state index contributed by atoms with van der Waals surface area (Å²) < 4.78 is 33.4. The molecule has 0 atom stereocenters. The average Bonchev–Trinajstić information content (AvgIpc) is 2.66. The van der Waals surface area contributed by atoms with Crippen molar-refractivity contribution in [1.82, 2.24) is 0 Å². The zero-order valence-corrected chi connectivity index (χ0v) is 16.7. The first kappa shape index (κ1) is 19.3. The average molecular weight is 402 g/mol. The maximum Gasteiger partial charge on any atom is 0.264 e. The maximum atomic E-state index is 13.4. The molecule has 0 radical (unpaired) electrons. The molecule has 0 aromatic heterocycles. The van der Waals surface area contributed by atoms with Crippen molar-refractivity contribution in [3.05, 3.63) is 88.9 Å². The minimum atomic E-state index is -3.77. The predicted molar refractivity (Wildman–Crippen MR) is 109 cm³/mol. The summed E-state index contributed by atoms with van der Waals surface area (Å²) in [6, 6.07) is 21.0. The molecule has 0 saturated heterocycles. The molecular formula is C21H20ClNO3S. The van der Waals surface area contributed by atoms with Gasteiger partial charge in [-0.2, -0.15) is 0 Å². The standard InChI is InChI=1S/C21H20ClNO3S/c1-16-5-3-7-19(13-16)23(15-17-6-4-8-20(14-17)26-2)27(24,25)21-11-9-18(22)10-12-21/h3-14H,15H2,1-2H3. The van der Waals surface area contributed by atoms with Crippen molar-refractivity contribution in [3.63, 3.8) is 0 Å². The van der Waals surface area contributed by atoms with Crippen LogP contribution in [0.3, 0.4) is 0 Å². The molecule has 0 bridgehead atoms. The van der Waals surface area contributed by atoms with E-state index in [0.717, 1.165) is 11.1 Å². The van der Waals surface area contributed by atoms with Crippen LogP contribution in [0.25, 0.3) is 0 Å². The molecule has 0 spiro atoms. The fourth-order valence-electron chi connectivity index (χ4n) is 2.77. The molecule has 0 amide bonds. The van der Waals surface area contributed by atoms with Crippen LogP contribution in [-0.2, 0) is 16.6 Å². The van der Waals surface area contributed by atoms with Crippen LogP contribution in [0.2, 0.25) is 5.02 Å². The van der Waals surface area contributed by atoms with Gasteiger partial charge >= 0.3 is 0 Å². The summed E-state index contributed by atoms with van der Waals surface area (Å²) in [5.74, 6) is 0.681. The fourth-order valence-corrected chi connectivity index (χ4v) is 4.34. The van der Waals surface area contributed by atoms with Crippen molar-refractivity contribution in [2.75, 3.05) is 11.4 Å². The highest BCUT2D eigenvalue weighted by molar-refractivity contribution is 7.92. The van der Waals surface area contributed by atoms with Gasteiger partial charge in [0, 0.05) is 5.02 Å². The van der Waals surface area contributed by atoms with Crippen molar-refractivity contribution >= 4 is 27.3 Å². The smallest absolute Gasteiger partial charge is 0.264 e.